The van der Waals surface area contributed by atoms with Crippen LogP contribution in [-0.2, 0) is 14.8 Å². The molecule has 6 nitrogen and oxygen atoms in total. The Balaban J connectivity index is 2.27. The normalized spacial score (nSPS) is 15.8. The van der Waals surface area contributed by atoms with Crippen molar-refractivity contribution in [2.75, 3.05) is 39.3 Å². The molecule has 0 aliphatic carbocycles. The highest BCUT2D eigenvalue weighted by Gasteiger charge is 2.30. The lowest BCUT2D eigenvalue weighted by Crippen LogP contribution is -2.50. The molecule has 140 valence electrons. The third kappa shape index (κ3) is 5.03. The first-order chi connectivity index (χ1) is 11.7. The fraction of sp³-hybridized carbons (Fsp3) is 0.611. The van der Waals surface area contributed by atoms with Crippen molar-refractivity contribution in [1.82, 2.24) is 14.5 Å². The summed E-state index contributed by atoms with van der Waals surface area (Å²) in [7, 11) is -3.71. The van der Waals surface area contributed by atoms with Gasteiger partial charge >= 0.3 is 0 Å². The summed E-state index contributed by atoms with van der Waals surface area (Å²) in [6.45, 7) is 10.6. The highest BCUT2D eigenvalue weighted by Crippen LogP contribution is 2.22. The van der Waals surface area contributed by atoms with Crippen LogP contribution in [0.25, 0.3) is 0 Å². The van der Waals surface area contributed by atoms with Crippen LogP contribution in [0.2, 0.25) is 0 Å². The number of aryl methyl sites for hydroxylation is 2. The van der Waals surface area contributed by atoms with Gasteiger partial charge in [0.2, 0.25) is 15.9 Å². The van der Waals surface area contributed by atoms with Crippen molar-refractivity contribution in [3.63, 3.8) is 0 Å². The standard InChI is InChI=1S/C18H29N3O3S/c1-14(2)12-21(13-18(22)20-9-7-19-8-10-20)25(23,24)17-6-5-15(3)11-16(17)4/h5-6,11,14,19H,7-10,12-13H2,1-4H3. The molecular weight excluding hydrogens is 338 g/mol. The Morgan fingerprint density at radius 2 is 1.88 bits per heavy atom. The number of benzene rings is 1. The number of rotatable bonds is 6. The molecule has 1 aliphatic rings. The van der Waals surface area contributed by atoms with E-state index in [1.54, 1.807) is 24.0 Å². The van der Waals surface area contributed by atoms with E-state index in [0.29, 0.717) is 25.2 Å². The van der Waals surface area contributed by atoms with Crippen LogP contribution in [0, 0.1) is 19.8 Å². The third-order valence-corrected chi connectivity index (χ3v) is 6.27. The summed E-state index contributed by atoms with van der Waals surface area (Å²) < 4.78 is 27.7. The van der Waals surface area contributed by atoms with Crippen LogP contribution in [0.5, 0.6) is 0 Å². The fourth-order valence-corrected chi connectivity index (χ4v) is 4.81. The van der Waals surface area contributed by atoms with E-state index >= 15 is 0 Å². The zero-order valence-corrected chi connectivity index (χ0v) is 16.4. The van der Waals surface area contributed by atoms with Gasteiger partial charge in [-0.1, -0.05) is 31.5 Å². The van der Waals surface area contributed by atoms with Gasteiger partial charge in [-0.05, 0) is 31.4 Å². The number of amides is 1. The number of sulfonamides is 1. The van der Waals surface area contributed by atoms with Crippen molar-refractivity contribution in [3.05, 3.63) is 29.3 Å². The Kier molecular flexibility index (Phi) is 6.59. The van der Waals surface area contributed by atoms with Gasteiger partial charge in [0.1, 0.15) is 0 Å². The molecule has 0 atom stereocenters. The summed E-state index contributed by atoms with van der Waals surface area (Å²) in [6.07, 6.45) is 0. The maximum absolute atomic E-state index is 13.2. The number of hydrogen-bond donors (Lipinski definition) is 1. The zero-order chi connectivity index (χ0) is 18.6. The molecule has 0 bridgehead atoms. The van der Waals surface area contributed by atoms with Gasteiger partial charge in [0.25, 0.3) is 0 Å². The van der Waals surface area contributed by atoms with Crippen molar-refractivity contribution >= 4 is 15.9 Å². The molecule has 0 unspecified atom stereocenters. The SMILES string of the molecule is Cc1ccc(S(=O)(=O)N(CC(=O)N2CCNCC2)CC(C)C)c(C)c1. The zero-order valence-electron chi connectivity index (χ0n) is 15.6. The predicted molar refractivity (Wildman–Crippen MR) is 99.0 cm³/mol. The van der Waals surface area contributed by atoms with Crippen LogP contribution in [0.15, 0.2) is 23.1 Å². The molecule has 1 N–H and O–H groups in total. The van der Waals surface area contributed by atoms with Crippen molar-refractivity contribution in [2.45, 2.75) is 32.6 Å². The molecule has 1 fully saturated rings. The molecule has 1 aliphatic heterocycles. The van der Waals surface area contributed by atoms with Crippen LogP contribution < -0.4 is 5.32 Å². The quantitative estimate of drug-likeness (QED) is 0.825. The second-order valence-electron chi connectivity index (χ2n) is 7.09. The van der Waals surface area contributed by atoms with Crippen LogP contribution in [-0.4, -0.2) is 62.8 Å². The minimum Gasteiger partial charge on any atom is -0.339 e. The Morgan fingerprint density at radius 1 is 1.24 bits per heavy atom. The Morgan fingerprint density at radius 3 is 2.44 bits per heavy atom. The molecule has 2 rings (SSSR count). The number of carbonyl (C=O) groups is 1. The number of nitrogens with one attached hydrogen (secondary N) is 1. The van der Waals surface area contributed by atoms with E-state index in [-0.39, 0.29) is 23.3 Å². The van der Waals surface area contributed by atoms with Crippen molar-refractivity contribution < 1.29 is 13.2 Å². The molecule has 0 radical (unpaired) electrons. The Labute approximate surface area is 151 Å². The first-order valence-electron chi connectivity index (χ1n) is 8.77. The molecule has 0 spiro atoms. The number of carbonyl (C=O) groups excluding carboxylic acids is 1. The first-order valence-corrected chi connectivity index (χ1v) is 10.2. The predicted octanol–water partition coefficient (Wildman–Crippen LogP) is 1.38. The van der Waals surface area contributed by atoms with E-state index in [9.17, 15) is 13.2 Å². The van der Waals surface area contributed by atoms with Crippen LogP contribution in [0.4, 0.5) is 0 Å². The highest BCUT2D eigenvalue weighted by atomic mass is 32.2. The third-order valence-electron chi connectivity index (χ3n) is 4.30. The summed E-state index contributed by atoms with van der Waals surface area (Å²) in [5, 5.41) is 3.20. The average Bonchev–Trinajstić information content (AvgIpc) is 2.54. The summed E-state index contributed by atoms with van der Waals surface area (Å²) in [6, 6.07) is 5.30. The van der Waals surface area contributed by atoms with E-state index in [2.05, 4.69) is 5.32 Å². The lowest BCUT2D eigenvalue weighted by atomic mass is 10.2. The molecular formula is C18H29N3O3S. The maximum Gasteiger partial charge on any atom is 0.243 e. The summed E-state index contributed by atoms with van der Waals surface area (Å²) >= 11 is 0. The van der Waals surface area contributed by atoms with Gasteiger partial charge in [0, 0.05) is 32.7 Å². The molecule has 1 heterocycles. The molecule has 7 heteroatoms. The van der Waals surface area contributed by atoms with Crippen LogP contribution >= 0.6 is 0 Å². The second kappa shape index (κ2) is 8.29. The summed E-state index contributed by atoms with van der Waals surface area (Å²) in [4.78, 5) is 14.6. The number of nitrogens with zero attached hydrogens (tertiary/aromatic N) is 2. The summed E-state index contributed by atoms with van der Waals surface area (Å²) in [5.74, 6) is 0.00633. The topological polar surface area (TPSA) is 69.7 Å². The number of piperazine rings is 1. The van der Waals surface area contributed by atoms with Crippen molar-refractivity contribution in [1.29, 1.82) is 0 Å². The van der Waals surface area contributed by atoms with Gasteiger partial charge in [-0.15, -0.1) is 0 Å². The minimum atomic E-state index is -3.71. The van der Waals surface area contributed by atoms with E-state index in [4.69, 9.17) is 0 Å². The molecule has 1 amide bonds. The van der Waals surface area contributed by atoms with Gasteiger partial charge in [0.05, 0.1) is 11.4 Å². The first kappa shape index (κ1) is 19.9. The molecule has 25 heavy (non-hydrogen) atoms. The lowest BCUT2D eigenvalue weighted by molar-refractivity contribution is -0.132. The molecule has 0 aromatic heterocycles. The van der Waals surface area contributed by atoms with Gasteiger partial charge in [-0.25, -0.2) is 8.42 Å². The van der Waals surface area contributed by atoms with E-state index in [1.165, 1.54) is 4.31 Å². The maximum atomic E-state index is 13.2. The van der Waals surface area contributed by atoms with Crippen LogP contribution in [0.1, 0.15) is 25.0 Å². The Bertz CT molecular complexity index is 710. The highest BCUT2D eigenvalue weighted by molar-refractivity contribution is 7.89. The van der Waals surface area contributed by atoms with Crippen molar-refractivity contribution in [2.24, 2.45) is 5.92 Å². The smallest absolute Gasteiger partial charge is 0.243 e. The van der Waals surface area contributed by atoms with Gasteiger partial charge in [0.15, 0.2) is 0 Å². The molecule has 0 saturated carbocycles. The van der Waals surface area contributed by atoms with E-state index in [1.807, 2.05) is 26.8 Å². The fourth-order valence-electron chi connectivity index (χ4n) is 3.05. The number of hydrogen-bond acceptors (Lipinski definition) is 4. The van der Waals surface area contributed by atoms with Gasteiger partial charge in [-0.3, -0.25) is 4.79 Å². The van der Waals surface area contributed by atoms with Gasteiger partial charge < -0.3 is 10.2 Å². The lowest BCUT2D eigenvalue weighted by Gasteiger charge is -2.31. The summed E-state index contributed by atoms with van der Waals surface area (Å²) in [5.41, 5.74) is 1.73. The monoisotopic (exact) mass is 367 g/mol. The largest absolute Gasteiger partial charge is 0.339 e. The van der Waals surface area contributed by atoms with E-state index in [0.717, 1.165) is 18.7 Å². The van der Waals surface area contributed by atoms with Crippen molar-refractivity contribution in [3.8, 4) is 0 Å². The van der Waals surface area contributed by atoms with Crippen LogP contribution in [0.3, 0.4) is 0 Å². The molecule has 1 aromatic rings. The second-order valence-corrected chi connectivity index (χ2v) is 9.00. The minimum absolute atomic E-state index is 0.103. The Hall–Kier alpha value is -1.44. The van der Waals surface area contributed by atoms with Gasteiger partial charge in [-0.2, -0.15) is 4.31 Å². The molecule has 1 aromatic carbocycles. The molecule has 1 saturated heterocycles. The average molecular weight is 368 g/mol. The van der Waals surface area contributed by atoms with E-state index < -0.39 is 10.0 Å².